The fourth-order valence-corrected chi connectivity index (χ4v) is 2.54. The number of aryl methyl sites for hydroxylation is 2. The third kappa shape index (κ3) is 3.98. The molecule has 1 aliphatic carbocycles. The molecule has 0 saturated heterocycles. The summed E-state index contributed by atoms with van der Waals surface area (Å²) in [6.07, 6.45) is 7.91. The fourth-order valence-electron chi connectivity index (χ4n) is 2.39. The number of hydrogen-bond donors (Lipinski definition) is 1. The van der Waals surface area contributed by atoms with Gasteiger partial charge in [0.2, 0.25) is 0 Å². The van der Waals surface area contributed by atoms with Gasteiger partial charge in [0.25, 0.3) is 0 Å². The second kappa shape index (κ2) is 6.74. The van der Waals surface area contributed by atoms with Crippen LogP contribution in [0.5, 0.6) is 5.75 Å². The topological polar surface area (TPSA) is 35.2 Å². The zero-order valence-electron chi connectivity index (χ0n) is 10.8. The van der Waals surface area contributed by atoms with Crippen LogP contribution in [0.1, 0.15) is 43.2 Å². The number of hydrogen-bond acceptors (Lipinski definition) is 2. The van der Waals surface area contributed by atoms with E-state index in [0.717, 1.165) is 31.6 Å². The van der Waals surface area contributed by atoms with Crippen LogP contribution in [-0.4, -0.2) is 11.6 Å². The monoisotopic (exact) mass is 263 g/mol. The zero-order valence-corrected chi connectivity index (χ0v) is 11.6. The molecular formula is C15H21NOS. The van der Waals surface area contributed by atoms with Gasteiger partial charge in [0.15, 0.2) is 0 Å². The molecule has 0 spiro atoms. The van der Waals surface area contributed by atoms with E-state index >= 15 is 0 Å². The Morgan fingerprint density at radius 2 is 1.94 bits per heavy atom. The third-order valence-electron chi connectivity index (χ3n) is 3.41. The summed E-state index contributed by atoms with van der Waals surface area (Å²) in [6, 6.07) is 6.53. The van der Waals surface area contributed by atoms with Crippen LogP contribution in [0.15, 0.2) is 18.2 Å². The quantitative estimate of drug-likeness (QED) is 0.631. The number of fused-ring (bicyclic) bond motifs is 1. The molecule has 2 N–H and O–H groups in total. The van der Waals surface area contributed by atoms with E-state index in [1.54, 1.807) is 0 Å². The maximum atomic E-state index is 5.77. The van der Waals surface area contributed by atoms with Crippen LogP contribution in [-0.2, 0) is 12.8 Å². The average Bonchev–Trinajstić information content (AvgIpc) is 2.38. The number of benzene rings is 1. The normalized spacial score (nSPS) is 14.0. The number of nitrogens with two attached hydrogens (primary N) is 1. The number of unbranched alkanes of at least 4 members (excludes halogenated alkanes) is 1. The predicted molar refractivity (Wildman–Crippen MR) is 79.2 cm³/mol. The summed E-state index contributed by atoms with van der Waals surface area (Å²) in [4.78, 5) is 0.601. The van der Waals surface area contributed by atoms with Crippen LogP contribution in [0.4, 0.5) is 0 Å². The highest BCUT2D eigenvalue weighted by molar-refractivity contribution is 7.80. The van der Waals surface area contributed by atoms with Gasteiger partial charge in [-0.05, 0) is 68.2 Å². The largest absolute Gasteiger partial charge is 0.494 e. The maximum Gasteiger partial charge on any atom is 0.119 e. The van der Waals surface area contributed by atoms with Crippen molar-refractivity contribution in [1.82, 2.24) is 0 Å². The van der Waals surface area contributed by atoms with Gasteiger partial charge in [-0.2, -0.15) is 0 Å². The highest BCUT2D eigenvalue weighted by atomic mass is 32.1. The Labute approximate surface area is 115 Å². The molecule has 0 aromatic heterocycles. The summed E-state index contributed by atoms with van der Waals surface area (Å²) in [7, 11) is 0. The first kappa shape index (κ1) is 13.3. The summed E-state index contributed by atoms with van der Waals surface area (Å²) >= 11 is 4.84. The molecular weight excluding hydrogens is 242 g/mol. The Morgan fingerprint density at radius 1 is 1.17 bits per heavy atom. The summed E-state index contributed by atoms with van der Waals surface area (Å²) in [5, 5.41) is 0. The van der Waals surface area contributed by atoms with E-state index in [0.29, 0.717) is 4.99 Å². The highest BCUT2D eigenvalue weighted by Crippen LogP contribution is 2.25. The van der Waals surface area contributed by atoms with Gasteiger partial charge in [0, 0.05) is 0 Å². The standard InChI is InChI=1S/C15H21NOS/c16-15(18)7-3-4-10-17-14-9-8-12-5-1-2-6-13(12)11-14/h8-9,11H,1-7,10H2,(H2,16,18). The Kier molecular flexibility index (Phi) is 5.00. The lowest BCUT2D eigenvalue weighted by Gasteiger charge is -2.16. The lowest BCUT2D eigenvalue weighted by atomic mass is 9.92. The minimum atomic E-state index is 0.601. The zero-order chi connectivity index (χ0) is 12.8. The van der Waals surface area contributed by atoms with Crippen molar-refractivity contribution in [2.75, 3.05) is 6.61 Å². The van der Waals surface area contributed by atoms with Crippen molar-refractivity contribution in [2.45, 2.75) is 44.9 Å². The van der Waals surface area contributed by atoms with E-state index in [4.69, 9.17) is 22.7 Å². The first-order valence-corrected chi connectivity index (χ1v) is 7.19. The number of ether oxygens (including phenoxy) is 1. The van der Waals surface area contributed by atoms with Crippen LogP contribution >= 0.6 is 12.2 Å². The van der Waals surface area contributed by atoms with Crippen molar-refractivity contribution in [3.05, 3.63) is 29.3 Å². The van der Waals surface area contributed by atoms with E-state index in [9.17, 15) is 0 Å². The summed E-state index contributed by atoms with van der Waals surface area (Å²) in [5.41, 5.74) is 8.43. The lowest BCUT2D eigenvalue weighted by molar-refractivity contribution is 0.307. The SMILES string of the molecule is NC(=S)CCCCOc1ccc2c(c1)CCCC2. The van der Waals surface area contributed by atoms with Crippen LogP contribution in [0.25, 0.3) is 0 Å². The molecule has 0 aliphatic heterocycles. The van der Waals surface area contributed by atoms with Crippen LogP contribution in [0, 0.1) is 0 Å². The first-order chi connectivity index (χ1) is 8.75. The smallest absolute Gasteiger partial charge is 0.119 e. The molecule has 2 nitrogen and oxygen atoms in total. The molecule has 0 radical (unpaired) electrons. The number of rotatable bonds is 6. The molecule has 0 amide bonds. The minimum absolute atomic E-state index is 0.601. The van der Waals surface area contributed by atoms with Crippen molar-refractivity contribution in [1.29, 1.82) is 0 Å². The summed E-state index contributed by atoms with van der Waals surface area (Å²) in [5.74, 6) is 1.01. The van der Waals surface area contributed by atoms with E-state index in [2.05, 4.69) is 18.2 Å². The molecule has 1 aromatic carbocycles. The fraction of sp³-hybridized carbons (Fsp3) is 0.533. The van der Waals surface area contributed by atoms with Gasteiger partial charge in [-0.1, -0.05) is 18.3 Å². The molecule has 1 aromatic rings. The van der Waals surface area contributed by atoms with Crippen molar-refractivity contribution >= 4 is 17.2 Å². The molecule has 0 atom stereocenters. The van der Waals surface area contributed by atoms with Gasteiger partial charge in [0.1, 0.15) is 5.75 Å². The molecule has 3 heteroatoms. The third-order valence-corrected chi connectivity index (χ3v) is 3.61. The van der Waals surface area contributed by atoms with Gasteiger partial charge in [-0.15, -0.1) is 0 Å². The van der Waals surface area contributed by atoms with Crippen LogP contribution in [0.3, 0.4) is 0 Å². The van der Waals surface area contributed by atoms with Gasteiger partial charge in [-0.3, -0.25) is 0 Å². The first-order valence-electron chi connectivity index (χ1n) is 6.78. The van der Waals surface area contributed by atoms with Crippen LogP contribution in [0.2, 0.25) is 0 Å². The van der Waals surface area contributed by atoms with Crippen LogP contribution < -0.4 is 10.5 Å². The van der Waals surface area contributed by atoms with Crippen molar-refractivity contribution in [3.63, 3.8) is 0 Å². The van der Waals surface area contributed by atoms with Crippen molar-refractivity contribution in [3.8, 4) is 5.75 Å². The Bertz CT molecular complexity index is 417. The van der Waals surface area contributed by atoms with E-state index in [1.165, 1.54) is 36.8 Å². The van der Waals surface area contributed by atoms with E-state index < -0.39 is 0 Å². The second-order valence-electron chi connectivity index (χ2n) is 4.91. The summed E-state index contributed by atoms with van der Waals surface area (Å²) < 4.78 is 5.77. The molecule has 0 bridgehead atoms. The molecule has 0 unspecified atom stereocenters. The Balaban J connectivity index is 1.77. The maximum absolute atomic E-state index is 5.77. The summed E-state index contributed by atoms with van der Waals surface area (Å²) in [6.45, 7) is 0.751. The van der Waals surface area contributed by atoms with Gasteiger partial charge < -0.3 is 10.5 Å². The van der Waals surface area contributed by atoms with Gasteiger partial charge in [-0.25, -0.2) is 0 Å². The number of thiocarbonyl (C=S) groups is 1. The second-order valence-corrected chi connectivity index (χ2v) is 5.43. The molecule has 1 aliphatic rings. The van der Waals surface area contributed by atoms with E-state index in [1.807, 2.05) is 0 Å². The molecule has 18 heavy (non-hydrogen) atoms. The lowest BCUT2D eigenvalue weighted by Crippen LogP contribution is -2.08. The molecule has 0 saturated carbocycles. The van der Waals surface area contributed by atoms with Crippen molar-refractivity contribution in [2.24, 2.45) is 5.73 Å². The molecule has 2 rings (SSSR count). The molecule has 0 heterocycles. The van der Waals surface area contributed by atoms with Gasteiger partial charge in [0.05, 0.1) is 11.6 Å². The Hall–Kier alpha value is -1.09. The minimum Gasteiger partial charge on any atom is -0.494 e. The molecule has 0 fully saturated rings. The average molecular weight is 263 g/mol. The Morgan fingerprint density at radius 3 is 2.72 bits per heavy atom. The highest BCUT2D eigenvalue weighted by Gasteiger charge is 2.09. The van der Waals surface area contributed by atoms with E-state index in [-0.39, 0.29) is 0 Å². The van der Waals surface area contributed by atoms with Crippen molar-refractivity contribution < 1.29 is 4.74 Å². The van der Waals surface area contributed by atoms with Gasteiger partial charge >= 0.3 is 0 Å². The molecule has 98 valence electrons. The predicted octanol–water partition coefficient (Wildman–Crippen LogP) is 3.40.